The van der Waals surface area contributed by atoms with Crippen molar-refractivity contribution in [3.63, 3.8) is 0 Å². The topological polar surface area (TPSA) is 130 Å². The smallest absolute Gasteiger partial charge is 0.317 e. The van der Waals surface area contributed by atoms with Gasteiger partial charge in [-0.2, -0.15) is 28.3 Å². The van der Waals surface area contributed by atoms with E-state index in [-0.39, 0.29) is 0 Å². The molecule has 19 heteroatoms. The molecule has 0 aromatic rings. The third-order valence-electron chi connectivity index (χ3n) is 5.37. The van der Waals surface area contributed by atoms with Gasteiger partial charge in [-0.1, -0.05) is 0 Å². The van der Waals surface area contributed by atoms with Crippen molar-refractivity contribution in [2.45, 2.75) is 0 Å². The van der Waals surface area contributed by atoms with E-state index in [1.165, 1.54) is 0 Å². The van der Waals surface area contributed by atoms with Crippen LogP contribution in [0.15, 0.2) is 28.3 Å². The Bertz CT molecular complexity index is 1020. The fourth-order valence-corrected chi connectivity index (χ4v) is 9.19. The summed E-state index contributed by atoms with van der Waals surface area (Å²) < 4.78 is 30.9. The van der Waals surface area contributed by atoms with E-state index in [0.717, 1.165) is 0 Å². The molecule has 0 fully saturated rings. The van der Waals surface area contributed by atoms with E-state index >= 15 is 0 Å². The quantitative estimate of drug-likeness (QED) is 0.256. The SMILES string of the molecule is CN(C)C(=NP(=N)(N=C(N(C)C)N(C)C)N=P(N=C(N(C)C)N(C)C)(N=C(N(C)C)N(C)C)N=C(N(C)C)N(C)C)N(C)C. The summed E-state index contributed by atoms with van der Waals surface area (Å²) >= 11 is 0. The van der Waals surface area contributed by atoms with Gasteiger partial charge in [-0.05, 0) is 0 Å². The zero-order valence-electron chi connectivity index (χ0n) is 31.0. The Hall–Kier alpha value is -3.19. The maximum Gasteiger partial charge on any atom is 0.317 e. The first-order valence-electron chi connectivity index (χ1n) is 13.9. The van der Waals surface area contributed by atoms with Gasteiger partial charge in [0.1, 0.15) is 0 Å². The number of hydrogen-bond acceptors (Lipinski definition) is 1. The van der Waals surface area contributed by atoms with E-state index < -0.39 is 15.0 Å². The highest BCUT2D eigenvalue weighted by atomic mass is 31.2. The highest BCUT2D eigenvalue weighted by Gasteiger charge is 2.32. The Morgan fingerprint density at radius 3 is 0.636 bits per heavy atom. The second-order valence-electron chi connectivity index (χ2n) is 12.1. The summed E-state index contributed by atoms with van der Waals surface area (Å²) in [7, 11) is 30.5. The average Bonchev–Trinajstić information content (AvgIpc) is 2.84. The molecule has 256 valence electrons. The molecule has 0 bridgehead atoms. The first-order chi connectivity index (χ1) is 19.9. The molecule has 0 rings (SSSR count). The van der Waals surface area contributed by atoms with Crippen LogP contribution in [0.1, 0.15) is 0 Å². The van der Waals surface area contributed by atoms with E-state index in [9.17, 15) is 5.16 Å². The monoisotopic (exact) mass is 661 g/mol. The van der Waals surface area contributed by atoms with Crippen molar-refractivity contribution in [2.75, 3.05) is 141 Å². The van der Waals surface area contributed by atoms with Crippen LogP contribution in [-0.4, -0.2) is 220 Å². The molecule has 0 spiro atoms. The fourth-order valence-electron chi connectivity index (χ4n) is 3.86. The Kier molecular flexibility index (Phi) is 15.5. The summed E-state index contributed by atoms with van der Waals surface area (Å²) in [5.41, 5.74) is 0. The van der Waals surface area contributed by atoms with Gasteiger partial charge in [-0.3, -0.25) is 5.16 Å². The van der Waals surface area contributed by atoms with Crippen molar-refractivity contribution >= 4 is 44.8 Å². The molecule has 0 aromatic carbocycles. The minimum Gasteiger partial charge on any atom is -0.349 e. The van der Waals surface area contributed by atoms with E-state index in [1.807, 2.05) is 190 Å². The fraction of sp³-hybridized carbons (Fsp3) is 0.800. The maximum absolute atomic E-state index is 9.99. The molecule has 0 heterocycles. The van der Waals surface area contributed by atoms with Crippen molar-refractivity contribution in [1.82, 2.24) is 49.0 Å². The van der Waals surface area contributed by atoms with Crippen molar-refractivity contribution in [3.8, 4) is 0 Å². The first kappa shape index (κ1) is 40.8. The summed E-state index contributed by atoms with van der Waals surface area (Å²) in [6, 6.07) is 0. The number of hydrogen-bond donors (Lipinski definition) is 1. The summed E-state index contributed by atoms with van der Waals surface area (Å²) in [4.78, 5) is 18.7. The van der Waals surface area contributed by atoms with Crippen LogP contribution >= 0.6 is 15.0 Å². The van der Waals surface area contributed by atoms with Gasteiger partial charge < -0.3 is 49.0 Å². The second-order valence-corrected chi connectivity index (χ2v) is 16.1. The summed E-state index contributed by atoms with van der Waals surface area (Å²) in [6.07, 6.45) is 0. The summed E-state index contributed by atoms with van der Waals surface area (Å²) in [6.45, 7) is 0. The van der Waals surface area contributed by atoms with Crippen LogP contribution in [0.4, 0.5) is 0 Å². The van der Waals surface area contributed by atoms with E-state index in [0.29, 0.717) is 29.8 Å². The van der Waals surface area contributed by atoms with Crippen LogP contribution in [0.25, 0.3) is 0 Å². The van der Waals surface area contributed by atoms with Crippen LogP contribution in [0, 0.1) is 5.16 Å². The van der Waals surface area contributed by atoms with Crippen molar-refractivity contribution in [3.05, 3.63) is 0 Å². The molecular weight excluding hydrogens is 600 g/mol. The lowest BCUT2D eigenvalue weighted by atomic mass is 10.7. The predicted octanol–water partition coefficient (Wildman–Crippen LogP) is 1.85. The standard InChI is InChI=1S/C25H61N17P2/c1-33(2)21(34(3)4)27-43(26,28-22(35(5)6)36(7)8)32-44(29-23(37(9)10)38(11)12,30-24(39(13)14)40(15)16)31-25(41(17)18)42(19)20/h26H,1-20H3. The first-order valence-corrected chi connectivity index (χ1v) is 17.2. The Morgan fingerprint density at radius 2 is 0.477 bits per heavy atom. The van der Waals surface area contributed by atoms with E-state index in [4.69, 9.17) is 28.3 Å². The molecule has 0 saturated heterocycles. The number of nitrogens with zero attached hydrogens (tertiary/aromatic N) is 16. The van der Waals surface area contributed by atoms with Crippen LogP contribution in [0.3, 0.4) is 0 Å². The van der Waals surface area contributed by atoms with Crippen LogP contribution in [0.5, 0.6) is 0 Å². The third kappa shape index (κ3) is 12.1. The van der Waals surface area contributed by atoms with Crippen LogP contribution in [0.2, 0.25) is 0 Å². The Balaban J connectivity index is 9.23. The van der Waals surface area contributed by atoms with Crippen molar-refractivity contribution < 1.29 is 0 Å². The number of nitrogens with one attached hydrogen (secondary N) is 1. The van der Waals surface area contributed by atoms with Gasteiger partial charge in [0.05, 0.1) is 0 Å². The van der Waals surface area contributed by atoms with Crippen molar-refractivity contribution in [2.24, 2.45) is 28.3 Å². The van der Waals surface area contributed by atoms with Gasteiger partial charge in [0.25, 0.3) is 0 Å². The van der Waals surface area contributed by atoms with Gasteiger partial charge in [0.15, 0.2) is 0 Å². The minimum atomic E-state index is -3.77. The normalized spacial score (nSPS) is 10.8. The van der Waals surface area contributed by atoms with Gasteiger partial charge in [-0.15, -0.1) is 0 Å². The molecular formula is C25H61N17P2. The lowest BCUT2D eigenvalue weighted by Gasteiger charge is -2.30. The van der Waals surface area contributed by atoms with Gasteiger partial charge >= 0.3 is 15.0 Å². The third-order valence-corrected chi connectivity index (χ3v) is 9.59. The highest BCUT2D eigenvalue weighted by Crippen LogP contribution is 2.67. The molecule has 0 saturated carbocycles. The predicted molar refractivity (Wildman–Crippen MR) is 193 cm³/mol. The molecule has 0 amide bonds. The Morgan fingerprint density at radius 1 is 0.318 bits per heavy atom. The average molecular weight is 662 g/mol. The van der Waals surface area contributed by atoms with Crippen molar-refractivity contribution in [1.29, 1.82) is 5.16 Å². The molecule has 0 unspecified atom stereocenters. The number of guanidine groups is 5. The number of rotatable bonds is 6. The lowest BCUT2D eigenvalue weighted by Crippen LogP contribution is -2.37. The lowest BCUT2D eigenvalue weighted by molar-refractivity contribution is 0.482. The molecule has 0 aliphatic carbocycles. The van der Waals surface area contributed by atoms with Gasteiger partial charge in [-0.25, -0.2) is 0 Å². The molecule has 17 nitrogen and oxygen atoms in total. The largest absolute Gasteiger partial charge is 0.349 e. The second kappa shape index (κ2) is 16.8. The van der Waals surface area contributed by atoms with Crippen LogP contribution < -0.4 is 0 Å². The molecule has 1 N–H and O–H groups in total. The summed E-state index contributed by atoms with van der Waals surface area (Å²) in [5.74, 6) is 2.83. The summed E-state index contributed by atoms with van der Waals surface area (Å²) in [5, 5.41) is 9.99. The molecule has 44 heavy (non-hydrogen) atoms. The van der Waals surface area contributed by atoms with Gasteiger partial charge in [0.2, 0.25) is 29.8 Å². The molecule has 0 atom stereocenters. The molecule has 0 aromatic heterocycles. The Labute approximate surface area is 268 Å². The van der Waals surface area contributed by atoms with E-state index in [1.54, 1.807) is 0 Å². The zero-order chi connectivity index (χ0) is 34.9. The van der Waals surface area contributed by atoms with E-state index in [2.05, 4.69) is 0 Å². The van der Waals surface area contributed by atoms with Gasteiger partial charge in [0, 0.05) is 141 Å². The molecule has 0 aliphatic heterocycles. The maximum atomic E-state index is 9.99. The zero-order valence-corrected chi connectivity index (χ0v) is 32.8. The molecule has 0 radical (unpaired) electrons. The highest BCUT2D eigenvalue weighted by molar-refractivity contribution is 7.73. The molecule has 0 aliphatic rings. The minimum absolute atomic E-state index is 0.536. The van der Waals surface area contributed by atoms with Crippen LogP contribution in [-0.2, 0) is 0 Å².